The minimum atomic E-state index is -4.37. The lowest BCUT2D eigenvalue weighted by Crippen LogP contribution is -2.05. The molecular weight excluding hydrogens is 283 g/mol. The molecule has 0 spiro atoms. The first kappa shape index (κ1) is 15.0. The van der Waals surface area contributed by atoms with Gasteiger partial charge in [0.15, 0.2) is 11.5 Å². The van der Waals surface area contributed by atoms with E-state index in [9.17, 15) is 13.2 Å². The normalized spacial score (nSPS) is 11.1. The van der Waals surface area contributed by atoms with Crippen LogP contribution in [0.4, 0.5) is 24.5 Å². The van der Waals surface area contributed by atoms with Gasteiger partial charge < -0.3 is 14.8 Å². The summed E-state index contributed by atoms with van der Waals surface area (Å²) in [6, 6.07) is 10.0. The third-order valence-corrected chi connectivity index (χ3v) is 2.86. The third kappa shape index (κ3) is 3.59. The largest absolute Gasteiger partial charge is 0.493 e. The van der Waals surface area contributed by atoms with Gasteiger partial charge in [0.25, 0.3) is 0 Å². The second kappa shape index (κ2) is 5.95. The van der Waals surface area contributed by atoms with E-state index in [4.69, 9.17) is 9.47 Å². The molecule has 0 atom stereocenters. The lowest BCUT2D eigenvalue weighted by atomic mass is 10.2. The van der Waals surface area contributed by atoms with E-state index in [-0.39, 0.29) is 0 Å². The summed E-state index contributed by atoms with van der Waals surface area (Å²) in [5.74, 6) is 1.04. The minimum Gasteiger partial charge on any atom is -0.493 e. The summed E-state index contributed by atoms with van der Waals surface area (Å²) in [4.78, 5) is 0. The van der Waals surface area contributed by atoms with Crippen molar-refractivity contribution >= 4 is 11.4 Å². The van der Waals surface area contributed by atoms with E-state index >= 15 is 0 Å². The smallest absolute Gasteiger partial charge is 0.416 e. The molecule has 112 valence electrons. The van der Waals surface area contributed by atoms with Crippen LogP contribution in [-0.2, 0) is 6.18 Å². The number of rotatable bonds is 4. The van der Waals surface area contributed by atoms with E-state index in [2.05, 4.69) is 5.32 Å². The lowest BCUT2D eigenvalue weighted by molar-refractivity contribution is -0.137. The Balaban J connectivity index is 2.26. The Morgan fingerprint density at radius 3 is 2.14 bits per heavy atom. The number of hydrogen-bond donors (Lipinski definition) is 1. The number of methoxy groups -OCH3 is 2. The highest BCUT2D eigenvalue weighted by molar-refractivity contribution is 5.64. The van der Waals surface area contributed by atoms with Gasteiger partial charge in [0.2, 0.25) is 0 Å². The highest BCUT2D eigenvalue weighted by Gasteiger charge is 2.30. The number of anilines is 2. The molecule has 21 heavy (non-hydrogen) atoms. The van der Waals surface area contributed by atoms with Crippen molar-refractivity contribution in [1.82, 2.24) is 0 Å². The number of benzene rings is 2. The summed E-state index contributed by atoms with van der Waals surface area (Å²) >= 11 is 0. The summed E-state index contributed by atoms with van der Waals surface area (Å²) in [6.07, 6.45) is -4.37. The van der Waals surface area contributed by atoms with Gasteiger partial charge in [0.1, 0.15) is 0 Å². The van der Waals surface area contributed by atoms with Crippen molar-refractivity contribution in [3.05, 3.63) is 48.0 Å². The fraction of sp³-hybridized carbons (Fsp3) is 0.200. The van der Waals surface area contributed by atoms with E-state index in [1.807, 2.05) is 0 Å². The number of halogens is 3. The van der Waals surface area contributed by atoms with Gasteiger partial charge in [-0.1, -0.05) is 6.07 Å². The van der Waals surface area contributed by atoms with Crippen LogP contribution in [0.1, 0.15) is 5.56 Å². The SMILES string of the molecule is COc1ccc(Nc2cccc(C(F)(F)F)c2)cc1OC. The van der Waals surface area contributed by atoms with Crippen LogP contribution in [0.2, 0.25) is 0 Å². The molecule has 2 aromatic rings. The van der Waals surface area contributed by atoms with E-state index < -0.39 is 11.7 Å². The molecule has 0 radical (unpaired) electrons. The third-order valence-electron chi connectivity index (χ3n) is 2.86. The van der Waals surface area contributed by atoms with Gasteiger partial charge in [-0.05, 0) is 30.3 Å². The molecule has 0 heterocycles. The van der Waals surface area contributed by atoms with Crippen LogP contribution in [0.15, 0.2) is 42.5 Å². The minimum absolute atomic E-state index is 0.344. The summed E-state index contributed by atoms with van der Waals surface area (Å²) in [5.41, 5.74) is 0.247. The number of ether oxygens (including phenoxy) is 2. The average Bonchev–Trinajstić information content (AvgIpc) is 2.46. The van der Waals surface area contributed by atoms with Gasteiger partial charge in [-0.15, -0.1) is 0 Å². The zero-order chi connectivity index (χ0) is 15.5. The zero-order valence-electron chi connectivity index (χ0n) is 11.5. The molecule has 0 saturated carbocycles. The first-order valence-corrected chi connectivity index (χ1v) is 6.10. The van der Waals surface area contributed by atoms with Gasteiger partial charge in [0.05, 0.1) is 19.8 Å². The Morgan fingerprint density at radius 1 is 0.857 bits per heavy atom. The van der Waals surface area contributed by atoms with E-state index in [1.54, 1.807) is 24.3 Å². The van der Waals surface area contributed by atoms with Crippen LogP contribution in [0.3, 0.4) is 0 Å². The molecule has 1 N–H and O–H groups in total. The van der Waals surface area contributed by atoms with E-state index in [0.717, 1.165) is 12.1 Å². The first-order chi connectivity index (χ1) is 9.94. The highest BCUT2D eigenvalue weighted by atomic mass is 19.4. The Hall–Kier alpha value is -2.37. The fourth-order valence-corrected chi connectivity index (χ4v) is 1.85. The molecule has 2 aromatic carbocycles. The molecule has 0 aliphatic rings. The molecule has 0 aromatic heterocycles. The second-order valence-corrected chi connectivity index (χ2v) is 4.27. The molecule has 0 bridgehead atoms. The Labute approximate surface area is 120 Å². The van der Waals surface area contributed by atoms with Crippen molar-refractivity contribution in [3.8, 4) is 11.5 Å². The van der Waals surface area contributed by atoms with Gasteiger partial charge in [-0.2, -0.15) is 13.2 Å². The molecule has 0 saturated heterocycles. The standard InChI is InChI=1S/C15H14F3NO2/c1-20-13-7-6-12(9-14(13)21-2)19-11-5-3-4-10(8-11)15(16,17)18/h3-9,19H,1-2H3. The summed E-state index contributed by atoms with van der Waals surface area (Å²) in [5, 5.41) is 2.91. The summed E-state index contributed by atoms with van der Waals surface area (Å²) in [7, 11) is 3.00. The van der Waals surface area contributed by atoms with Crippen molar-refractivity contribution in [3.63, 3.8) is 0 Å². The second-order valence-electron chi connectivity index (χ2n) is 4.27. The molecule has 0 aliphatic carbocycles. The van der Waals surface area contributed by atoms with Crippen molar-refractivity contribution in [2.45, 2.75) is 6.18 Å². The zero-order valence-corrected chi connectivity index (χ0v) is 11.5. The maximum atomic E-state index is 12.7. The molecule has 6 heteroatoms. The molecule has 0 amide bonds. The van der Waals surface area contributed by atoms with Crippen molar-refractivity contribution in [2.24, 2.45) is 0 Å². The van der Waals surface area contributed by atoms with Gasteiger partial charge in [-0.25, -0.2) is 0 Å². The number of nitrogens with one attached hydrogen (secondary N) is 1. The van der Waals surface area contributed by atoms with Crippen LogP contribution < -0.4 is 14.8 Å². The maximum absolute atomic E-state index is 12.7. The van der Waals surface area contributed by atoms with Gasteiger partial charge >= 0.3 is 6.18 Å². The molecule has 0 aliphatic heterocycles. The lowest BCUT2D eigenvalue weighted by Gasteiger charge is -2.13. The Bertz CT molecular complexity index is 627. The summed E-state index contributed by atoms with van der Waals surface area (Å²) < 4.78 is 48.2. The predicted molar refractivity (Wildman–Crippen MR) is 74.3 cm³/mol. The molecule has 0 fully saturated rings. The Kier molecular flexibility index (Phi) is 4.26. The van der Waals surface area contributed by atoms with E-state index in [0.29, 0.717) is 22.9 Å². The number of hydrogen-bond acceptors (Lipinski definition) is 3. The maximum Gasteiger partial charge on any atom is 0.416 e. The van der Waals surface area contributed by atoms with Crippen molar-refractivity contribution in [1.29, 1.82) is 0 Å². The van der Waals surface area contributed by atoms with Crippen LogP contribution >= 0.6 is 0 Å². The molecule has 3 nitrogen and oxygen atoms in total. The first-order valence-electron chi connectivity index (χ1n) is 6.10. The fourth-order valence-electron chi connectivity index (χ4n) is 1.85. The van der Waals surface area contributed by atoms with Crippen LogP contribution in [-0.4, -0.2) is 14.2 Å². The quantitative estimate of drug-likeness (QED) is 0.903. The van der Waals surface area contributed by atoms with E-state index in [1.165, 1.54) is 20.3 Å². The van der Waals surface area contributed by atoms with Gasteiger partial charge in [0, 0.05) is 17.4 Å². The predicted octanol–water partition coefficient (Wildman–Crippen LogP) is 4.47. The average molecular weight is 297 g/mol. The highest BCUT2D eigenvalue weighted by Crippen LogP contribution is 2.33. The molecule has 0 unspecified atom stereocenters. The van der Waals surface area contributed by atoms with Crippen LogP contribution in [0.25, 0.3) is 0 Å². The monoisotopic (exact) mass is 297 g/mol. The van der Waals surface area contributed by atoms with Crippen molar-refractivity contribution in [2.75, 3.05) is 19.5 Å². The van der Waals surface area contributed by atoms with Crippen LogP contribution in [0.5, 0.6) is 11.5 Å². The molecular formula is C15H14F3NO2. The van der Waals surface area contributed by atoms with Gasteiger partial charge in [-0.3, -0.25) is 0 Å². The number of alkyl halides is 3. The topological polar surface area (TPSA) is 30.5 Å². The van der Waals surface area contributed by atoms with Crippen LogP contribution in [0, 0.1) is 0 Å². The summed E-state index contributed by atoms with van der Waals surface area (Å²) in [6.45, 7) is 0. The Morgan fingerprint density at radius 2 is 1.52 bits per heavy atom. The molecule has 2 rings (SSSR count). The van der Waals surface area contributed by atoms with Crippen molar-refractivity contribution < 1.29 is 22.6 Å².